The van der Waals surface area contributed by atoms with Crippen LogP contribution in [0.25, 0.3) is 0 Å². The highest BCUT2D eigenvalue weighted by Gasteiger charge is 2.05. The lowest BCUT2D eigenvalue weighted by atomic mass is 10.1. The minimum atomic E-state index is 0.376. The second kappa shape index (κ2) is 6.56. The Hall–Kier alpha value is -1.33. The van der Waals surface area contributed by atoms with Crippen LogP contribution in [0.15, 0.2) is 40.1 Å². The lowest BCUT2D eigenvalue weighted by molar-refractivity contribution is 0.412. The van der Waals surface area contributed by atoms with Crippen LogP contribution in [0.5, 0.6) is 0 Å². The molecule has 0 spiro atoms. The molecule has 2 aromatic rings. The van der Waals surface area contributed by atoms with Crippen molar-refractivity contribution in [2.75, 3.05) is 6.54 Å². The molecule has 0 amide bonds. The van der Waals surface area contributed by atoms with Crippen molar-refractivity contribution in [3.05, 3.63) is 42.0 Å². The first-order chi connectivity index (χ1) is 8.79. The monoisotopic (exact) mass is 263 g/mol. The highest BCUT2D eigenvalue weighted by atomic mass is 32.2. The van der Waals surface area contributed by atoms with Gasteiger partial charge in [-0.15, -0.1) is 11.8 Å². The predicted molar refractivity (Wildman–Crippen MR) is 72.4 cm³/mol. The lowest BCUT2D eigenvalue weighted by Crippen LogP contribution is -2.17. The summed E-state index contributed by atoms with van der Waals surface area (Å²) in [4.78, 5) is 5.23. The molecule has 0 aliphatic heterocycles. The van der Waals surface area contributed by atoms with Crippen molar-refractivity contribution in [2.45, 2.75) is 30.5 Å². The van der Waals surface area contributed by atoms with E-state index in [1.165, 1.54) is 16.9 Å². The predicted octanol–water partition coefficient (Wildman–Crippen LogP) is 3.03. The van der Waals surface area contributed by atoms with Gasteiger partial charge in [-0.25, -0.2) is 0 Å². The summed E-state index contributed by atoms with van der Waals surface area (Å²) >= 11 is 1.72. The molecule has 1 unspecified atom stereocenters. The Labute approximate surface area is 111 Å². The maximum Gasteiger partial charge on any atom is 0.213 e. The van der Waals surface area contributed by atoms with Crippen molar-refractivity contribution < 1.29 is 4.52 Å². The highest BCUT2D eigenvalue weighted by molar-refractivity contribution is 7.98. The summed E-state index contributed by atoms with van der Waals surface area (Å²) in [6.45, 7) is 5.26. The van der Waals surface area contributed by atoms with Gasteiger partial charge in [-0.1, -0.05) is 24.2 Å². The third kappa shape index (κ3) is 3.58. The number of nitrogens with zero attached hydrogens (tertiary/aromatic N) is 2. The van der Waals surface area contributed by atoms with E-state index in [9.17, 15) is 0 Å². The Morgan fingerprint density at radius 2 is 2.33 bits per heavy atom. The molecule has 1 aromatic carbocycles. The maximum absolute atomic E-state index is 4.71. The Bertz CT molecular complexity index is 473. The minimum Gasteiger partial charge on any atom is -0.343 e. The molecule has 0 fully saturated rings. The normalized spacial score (nSPS) is 12.6. The molecule has 0 bridgehead atoms. The van der Waals surface area contributed by atoms with Crippen LogP contribution in [-0.2, 0) is 5.75 Å². The number of aromatic nitrogens is 2. The molecule has 0 saturated heterocycles. The Morgan fingerprint density at radius 1 is 1.44 bits per heavy atom. The van der Waals surface area contributed by atoms with Gasteiger partial charge in [0.25, 0.3) is 0 Å². The molecule has 1 atom stereocenters. The molecule has 0 saturated carbocycles. The molecule has 1 N–H and O–H groups in total. The van der Waals surface area contributed by atoms with Crippen molar-refractivity contribution in [3.63, 3.8) is 0 Å². The molecule has 1 heterocycles. The summed E-state index contributed by atoms with van der Waals surface area (Å²) in [5.74, 6) is 1.46. The average Bonchev–Trinajstić information content (AvgIpc) is 2.90. The summed E-state index contributed by atoms with van der Waals surface area (Å²) in [5, 5.41) is 7.21. The third-order valence-corrected chi connectivity index (χ3v) is 3.63. The van der Waals surface area contributed by atoms with Crippen LogP contribution < -0.4 is 5.32 Å². The van der Waals surface area contributed by atoms with Crippen molar-refractivity contribution in [2.24, 2.45) is 0 Å². The molecule has 96 valence electrons. The second-order valence-corrected chi connectivity index (χ2v) is 5.04. The zero-order valence-corrected chi connectivity index (χ0v) is 11.4. The minimum absolute atomic E-state index is 0.376. The van der Waals surface area contributed by atoms with E-state index in [-0.39, 0.29) is 0 Å². The van der Waals surface area contributed by atoms with Gasteiger partial charge in [-0.3, -0.25) is 0 Å². The number of hydrogen-bond donors (Lipinski definition) is 1. The summed E-state index contributed by atoms with van der Waals surface area (Å²) in [5.41, 5.74) is 1.30. The van der Waals surface area contributed by atoms with Gasteiger partial charge in [0.05, 0.1) is 5.75 Å². The topological polar surface area (TPSA) is 51.0 Å². The quantitative estimate of drug-likeness (QED) is 0.812. The summed E-state index contributed by atoms with van der Waals surface area (Å²) in [6.07, 6.45) is 1.36. The number of hydrogen-bond acceptors (Lipinski definition) is 5. The fourth-order valence-corrected chi connectivity index (χ4v) is 2.52. The van der Waals surface area contributed by atoms with Gasteiger partial charge in [0.2, 0.25) is 6.39 Å². The van der Waals surface area contributed by atoms with Crippen molar-refractivity contribution in [3.8, 4) is 0 Å². The smallest absolute Gasteiger partial charge is 0.213 e. The molecular formula is C13H17N3OS. The molecule has 18 heavy (non-hydrogen) atoms. The molecule has 2 rings (SSSR count). The van der Waals surface area contributed by atoms with E-state index in [0.717, 1.165) is 18.1 Å². The van der Waals surface area contributed by atoms with Gasteiger partial charge in [0.15, 0.2) is 5.82 Å². The number of thioether (sulfide) groups is 1. The van der Waals surface area contributed by atoms with E-state index in [2.05, 4.69) is 53.6 Å². The van der Waals surface area contributed by atoms with Crippen molar-refractivity contribution >= 4 is 11.8 Å². The van der Waals surface area contributed by atoms with Crippen LogP contribution in [0, 0.1) is 0 Å². The van der Waals surface area contributed by atoms with Crippen LogP contribution in [0.3, 0.4) is 0 Å². The number of benzene rings is 1. The molecule has 0 aliphatic carbocycles. The summed E-state index contributed by atoms with van der Waals surface area (Å²) in [7, 11) is 0. The Balaban J connectivity index is 1.98. The van der Waals surface area contributed by atoms with Crippen LogP contribution in [-0.4, -0.2) is 16.7 Å². The largest absolute Gasteiger partial charge is 0.343 e. The zero-order chi connectivity index (χ0) is 12.8. The first-order valence-corrected chi connectivity index (χ1v) is 6.99. The van der Waals surface area contributed by atoms with Crippen LogP contribution in [0.2, 0.25) is 0 Å². The van der Waals surface area contributed by atoms with Crippen LogP contribution in [0.4, 0.5) is 0 Å². The van der Waals surface area contributed by atoms with E-state index in [0.29, 0.717) is 6.04 Å². The van der Waals surface area contributed by atoms with Crippen LogP contribution in [0.1, 0.15) is 31.3 Å². The van der Waals surface area contributed by atoms with E-state index in [1.54, 1.807) is 11.8 Å². The van der Waals surface area contributed by atoms with Gasteiger partial charge in [0, 0.05) is 10.9 Å². The molecule has 1 aromatic heterocycles. The van der Waals surface area contributed by atoms with Gasteiger partial charge in [-0.2, -0.15) is 4.98 Å². The fourth-order valence-electron chi connectivity index (χ4n) is 1.70. The zero-order valence-electron chi connectivity index (χ0n) is 10.6. The molecular weight excluding hydrogens is 246 g/mol. The summed E-state index contributed by atoms with van der Waals surface area (Å²) in [6, 6.07) is 8.92. The average molecular weight is 263 g/mol. The van der Waals surface area contributed by atoms with Crippen LogP contribution >= 0.6 is 11.8 Å². The maximum atomic E-state index is 4.71. The molecule has 4 nitrogen and oxygen atoms in total. The molecule has 0 aliphatic rings. The SMILES string of the molecule is CCNC(C)c1cccc(SCc2ncon2)c1. The van der Waals surface area contributed by atoms with E-state index < -0.39 is 0 Å². The first-order valence-electron chi connectivity index (χ1n) is 6.01. The Kier molecular flexibility index (Phi) is 4.78. The molecule has 5 heteroatoms. The first kappa shape index (κ1) is 13.1. The van der Waals surface area contributed by atoms with E-state index in [1.807, 2.05) is 0 Å². The number of rotatable bonds is 6. The van der Waals surface area contributed by atoms with E-state index >= 15 is 0 Å². The fraction of sp³-hybridized carbons (Fsp3) is 0.385. The number of nitrogens with one attached hydrogen (secondary N) is 1. The third-order valence-electron chi connectivity index (χ3n) is 2.64. The Morgan fingerprint density at radius 3 is 3.06 bits per heavy atom. The lowest BCUT2D eigenvalue weighted by Gasteiger charge is -2.13. The summed E-state index contributed by atoms with van der Waals surface area (Å²) < 4.78 is 4.71. The van der Waals surface area contributed by atoms with Gasteiger partial charge in [0.1, 0.15) is 0 Å². The van der Waals surface area contributed by atoms with Crippen molar-refractivity contribution in [1.29, 1.82) is 0 Å². The van der Waals surface area contributed by atoms with Gasteiger partial charge >= 0.3 is 0 Å². The molecule has 0 radical (unpaired) electrons. The van der Waals surface area contributed by atoms with Crippen molar-refractivity contribution in [1.82, 2.24) is 15.5 Å². The van der Waals surface area contributed by atoms with Gasteiger partial charge in [-0.05, 0) is 31.2 Å². The second-order valence-electron chi connectivity index (χ2n) is 3.99. The highest BCUT2D eigenvalue weighted by Crippen LogP contribution is 2.24. The van der Waals surface area contributed by atoms with E-state index in [4.69, 9.17) is 4.52 Å². The van der Waals surface area contributed by atoms with Gasteiger partial charge < -0.3 is 9.84 Å². The standard InChI is InChI=1S/C13H17N3OS/c1-3-14-10(2)11-5-4-6-12(7-11)18-8-13-15-9-17-16-13/h4-7,9-10,14H,3,8H2,1-2H3.